The second kappa shape index (κ2) is 40.5. The quantitative estimate of drug-likeness (QED) is 0.0171. The Balaban J connectivity index is 4.55. The lowest BCUT2D eigenvalue weighted by molar-refractivity contribution is -0.161. The largest absolute Gasteiger partial charge is 0.472 e. The van der Waals surface area contributed by atoms with Crippen LogP contribution in [0.25, 0.3) is 0 Å². The summed E-state index contributed by atoms with van der Waals surface area (Å²) in [5.74, 6) is -1.14. The number of allylic oxidation sites excluding steroid dienone is 13. The monoisotopic (exact) mass is 853 g/mol. The molecular weight excluding hydrogens is 775 g/mol. The average molecular weight is 853 g/mol. The second-order valence-corrected chi connectivity index (χ2v) is 15.7. The van der Waals surface area contributed by atoms with Gasteiger partial charge in [-0.3, -0.25) is 18.6 Å². The number of unbranched alkanes of at least 4 members (excludes halogenated alkanes) is 7. The highest BCUT2D eigenvalue weighted by molar-refractivity contribution is 7.47. The molecule has 0 aliphatic heterocycles. The van der Waals surface area contributed by atoms with Gasteiger partial charge in [-0.25, -0.2) is 4.57 Å². The summed E-state index contributed by atoms with van der Waals surface area (Å²) in [5.41, 5.74) is 0. The molecule has 338 valence electrons. The molecule has 0 saturated carbocycles. The van der Waals surface area contributed by atoms with Crippen molar-refractivity contribution in [3.05, 3.63) is 85.1 Å². The normalized spacial score (nSPS) is 15.7. The second-order valence-electron chi connectivity index (χ2n) is 14.3. The van der Waals surface area contributed by atoms with E-state index in [0.29, 0.717) is 25.7 Å². The molecule has 0 rings (SSSR count). The van der Waals surface area contributed by atoms with Gasteiger partial charge < -0.3 is 34.8 Å². The molecule has 0 heterocycles. The predicted octanol–water partition coefficient (Wildman–Crippen LogP) is 9.39. The molecule has 5 N–H and O–H groups in total. The molecule has 12 nitrogen and oxygen atoms in total. The number of carbonyl (C=O) groups excluding carboxylic acids is 2. The molecule has 0 saturated heterocycles. The molecule has 0 bridgehead atoms. The highest BCUT2D eigenvalue weighted by atomic mass is 31.2. The van der Waals surface area contributed by atoms with E-state index in [2.05, 4.69) is 85.2 Å². The molecule has 0 spiro atoms. The van der Waals surface area contributed by atoms with Gasteiger partial charge in [-0.1, -0.05) is 137 Å². The van der Waals surface area contributed by atoms with Crippen LogP contribution >= 0.6 is 7.82 Å². The molecule has 1 unspecified atom stereocenters. The molecule has 5 atom stereocenters. The van der Waals surface area contributed by atoms with Crippen LogP contribution in [-0.4, -0.2) is 88.1 Å². The maximum atomic E-state index is 12.6. The van der Waals surface area contributed by atoms with Gasteiger partial charge in [0.05, 0.1) is 32.0 Å². The van der Waals surface area contributed by atoms with E-state index >= 15 is 0 Å². The number of aliphatic hydroxyl groups excluding tert-OH is 4. The van der Waals surface area contributed by atoms with Gasteiger partial charge in [0.25, 0.3) is 0 Å². The van der Waals surface area contributed by atoms with Crippen molar-refractivity contribution in [1.82, 2.24) is 0 Å². The van der Waals surface area contributed by atoms with E-state index < -0.39 is 70.6 Å². The van der Waals surface area contributed by atoms with Gasteiger partial charge in [0, 0.05) is 12.8 Å². The lowest BCUT2D eigenvalue weighted by Gasteiger charge is -2.20. The fourth-order valence-electron chi connectivity index (χ4n) is 5.28. The third-order valence-electron chi connectivity index (χ3n) is 8.75. The Morgan fingerprint density at radius 2 is 1.12 bits per heavy atom. The standard InChI is InChI=1S/C46H77O12P/c1-3-5-7-9-11-12-13-14-15-16-17-18-19-20-21-22-23-27-31-35-45(51)55-39-42(40-57-59(53,54)56-38-41(48)37-47)58-46(52)36-32-28-24-26-30-34-44(50)43(49)33-29-25-10-8-6-4-2/h5,7,11-12,14-15,17-18,20-21,23,25,27,29,41-44,47-50H,3-4,6,8-10,13,16,19,22,24,26,28,30-40H2,1-2H3,(H,53,54)/b7-5-,12-11-,15-14-,18-17-,21-20-,27-23-,29-25-/t41-,42+,43-,44-/m0/s1. The third kappa shape index (κ3) is 39.0. The van der Waals surface area contributed by atoms with Gasteiger partial charge in [0.1, 0.15) is 12.7 Å². The Hall–Kier alpha value is -2.93. The van der Waals surface area contributed by atoms with Gasteiger partial charge in [-0.2, -0.15) is 0 Å². The van der Waals surface area contributed by atoms with Crippen LogP contribution in [0.3, 0.4) is 0 Å². The summed E-state index contributed by atoms with van der Waals surface area (Å²) in [4.78, 5) is 35.0. The van der Waals surface area contributed by atoms with E-state index in [-0.39, 0.29) is 12.8 Å². The van der Waals surface area contributed by atoms with Crippen molar-refractivity contribution in [3.63, 3.8) is 0 Å². The number of hydrogen-bond donors (Lipinski definition) is 5. The van der Waals surface area contributed by atoms with Crippen molar-refractivity contribution in [2.24, 2.45) is 0 Å². The van der Waals surface area contributed by atoms with E-state index in [1.165, 1.54) is 6.42 Å². The van der Waals surface area contributed by atoms with Crippen molar-refractivity contribution in [2.45, 2.75) is 167 Å². The molecule has 0 aromatic carbocycles. The zero-order valence-electron chi connectivity index (χ0n) is 35.9. The fourth-order valence-corrected chi connectivity index (χ4v) is 6.07. The van der Waals surface area contributed by atoms with Gasteiger partial charge in [-0.15, -0.1) is 0 Å². The summed E-state index contributed by atoms with van der Waals surface area (Å²) in [5, 5.41) is 38.8. The van der Waals surface area contributed by atoms with E-state index in [1.807, 2.05) is 18.2 Å². The minimum Gasteiger partial charge on any atom is -0.462 e. The average Bonchev–Trinajstić information content (AvgIpc) is 3.22. The first-order valence-corrected chi connectivity index (χ1v) is 23.2. The van der Waals surface area contributed by atoms with Crippen LogP contribution in [-0.2, 0) is 32.7 Å². The van der Waals surface area contributed by atoms with Crippen molar-refractivity contribution in [1.29, 1.82) is 0 Å². The lowest BCUT2D eigenvalue weighted by Crippen LogP contribution is -2.29. The molecular formula is C46H77O12P. The Bertz CT molecular complexity index is 1290. The summed E-state index contributed by atoms with van der Waals surface area (Å²) < 4.78 is 32.5. The predicted molar refractivity (Wildman–Crippen MR) is 235 cm³/mol. The van der Waals surface area contributed by atoms with Gasteiger partial charge in [-0.05, 0) is 77.0 Å². The Kier molecular flexibility index (Phi) is 38.5. The summed E-state index contributed by atoms with van der Waals surface area (Å²) in [7, 11) is -4.68. The minimum absolute atomic E-state index is 0.0645. The first-order valence-electron chi connectivity index (χ1n) is 21.7. The van der Waals surface area contributed by atoms with Crippen molar-refractivity contribution in [3.8, 4) is 0 Å². The van der Waals surface area contributed by atoms with Crippen LogP contribution in [0, 0.1) is 0 Å². The molecule has 0 aliphatic carbocycles. The highest BCUT2D eigenvalue weighted by Gasteiger charge is 2.27. The summed E-state index contributed by atoms with van der Waals surface area (Å²) in [6.45, 7) is 1.92. The molecule has 59 heavy (non-hydrogen) atoms. The SMILES string of the molecule is CC/C=C\C/C=C\C/C=C\C/C=C\C/C=C\C/C=C\CCC(=O)OC[C@H](COP(=O)(O)OC[C@@H](O)CO)OC(=O)CCCCCCC[C@H](O)[C@@H](O)C/C=C\CCCCC. The van der Waals surface area contributed by atoms with Crippen molar-refractivity contribution < 1.29 is 58.0 Å². The van der Waals surface area contributed by atoms with E-state index in [4.69, 9.17) is 19.1 Å². The number of ether oxygens (including phenoxy) is 2. The first-order chi connectivity index (χ1) is 28.5. The van der Waals surface area contributed by atoms with Crippen LogP contribution in [0.5, 0.6) is 0 Å². The Labute approximate surface area is 355 Å². The summed E-state index contributed by atoms with van der Waals surface area (Å²) in [6.07, 6.45) is 40.1. The number of phosphoric ester groups is 1. The number of rotatable bonds is 39. The molecule has 0 amide bonds. The molecule has 0 fully saturated rings. The van der Waals surface area contributed by atoms with Crippen LogP contribution in [0.4, 0.5) is 0 Å². The smallest absolute Gasteiger partial charge is 0.462 e. The lowest BCUT2D eigenvalue weighted by atomic mass is 10.0. The minimum atomic E-state index is -4.68. The number of esters is 2. The summed E-state index contributed by atoms with van der Waals surface area (Å²) in [6, 6.07) is 0. The number of aliphatic hydroxyl groups is 4. The van der Waals surface area contributed by atoms with Crippen LogP contribution in [0.15, 0.2) is 85.1 Å². The number of phosphoric acid groups is 1. The highest BCUT2D eigenvalue weighted by Crippen LogP contribution is 2.43. The maximum absolute atomic E-state index is 12.6. The Morgan fingerprint density at radius 3 is 1.71 bits per heavy atom. The van der Waals surface area contributed by atoms with Gasteiger partial charge >= 0.3 is 19.8 Å². The molecule has 0 radical (unpaired) electrons. The van der Waals surface area contributed by atoms with Crippen molar-refractivity contribution >= 4 is 19.8 Å². The topological polar surface area (TPSA) is 189 Å². The molecule has 13 heteroatoms. The van der Waals surface area contributed by atoms with Crippen LogP contribution in [0.1, 0.15) is 142 Å². The van der Waals surface area contributed by atoms with E-state index in [9.17, 15) is 34.4 Å². The molecule has 0 aromatic rings. The molecule has 0 aromatic heterocycles. The number of carbonyl (C=O) groups is 2. The first kappa shape index (κ1) is 56.1. The summed E-state index contributed by atoms with van der Waals surface area (Å²) >= 11 is 0. The third-order valence-corrected chi connectivity index (χ3v) is 9.70. The Morgan fingerprint density at radius 1 is 0.576 bits per heavy atom. The van der Waals surface area contributed by atoms with Gasteiger partial charge in [0.15, 0.2) is 6.10 Å². The van der Waals surface area contributed by atoms with E-state index in [1.54, 1.807) is 0 Å². The fraction of sp³-hybridized carbons (Fsp3) is 0.652. The van der Waals surface area contributed by atoms with Gasteiger partial charge in [0.2, 0.25) is 0 Å². The van der Waals surface area contributed by atoms with Crippen LogP contribution in [0.2, 0.25) is 0 Å². The number of hydrogen-bond acceptors (Lipinski definition) is 11. The zero-order chi connectivity index (χ0) is 43.7. The zero-order valence-corrected chi connectivity index (χ0v) is 36.8. The molecule has 0 aliphatic rings. The van der Waals surface area contributed by atoms with Crippen molar-refractivity contribution in [2.75, 3.05) is 26.4 Å². The van der Waals surface area contributed by atoms with Crippen LogP contribution < -0.4 is 0 Å². The maximum Gasteiger partial charge on any atom is 0.472 e. The van der Waals surface area contributed by atoms with E-state index in [0.717, 1.165) is 83.5 Å².